The molecule has 1 aliphatic rings. The fourth-order valence-electron chi connectivity index (χ4n) is 1.19. The van der Waals surface area contributed by atoms with Gasteiger partial charge in [-0.2, -0.15) is 0 Å². The number of hydrogen-bond acceptors (Lipinski definition) is 1. The molecule has 1 saturated carbocycles. The zero-order chi connectivity index (χ0) is 7.40. The van der Waals surface area contributed by atoms with Crippen molar-refractivity contribution in [2.45, 2.75) is 32.6 Å². The number of rotatable bonds is 4. The largest absolute Gasteiger partial charge is 0.330 e. The lowest BCUT2D eigenvalue weighted by Gasteiger charge is -1.96. The minimum absolute atomic E-state index is 0.794. The summed E-state index contributed by atoms with van der Waals surface area (Å²) < 4.78 is 0. The van der Waals surface area contributed by atoms with E-state index in [4.69, 9.17) is 5.73 Å². The Balaban J connectivity index is 2.11. The van der Waals surface area contributed by atoms with Gasteiger partial charge in [0.1, 0.15) is 0 Å². The van der Waals surface area contributed by atoms with Crippen LogP contribution in [-0.2, 0) is 0 Å². The van der Waals surface area contributed by atoms with Gasteiger partial charge in [-0.15, -0.1) is 0 Å². The van der Waals surface area contributed by atoms with Crippen molar-refractivity contribution >= 4 is 0 Å². The van der Waals surface area contributed by atoms with Gasteiger partial charge < -0.3 is 5.73 Å². The van der Waals surface area contributed by atoms with Crippen LogP contribution >= 0.6 is 0 Å². The summed E-state index contributed by atoms with van der Waals surface area (Å²) in [5.74, 6) is 1.02. The summed E-state index contributed by atoms with van der Waals surface area (Å²) in [5.41, 5.74) is 6.91. The van der Waals surface area contributed by atoms with E-state index in [0.717, 1.165) is 18.9 Å². The van der Waals surface area contributed by atoms with Crippen molar-refractivity contribution in [2.75, 3.05) is 6.54 Å². The molecule has 1 aliphatic carbocycles. The van der Waals surface area contributed by atoms with Gasteiger partial charge in [0, 0.05) is 0 Å². The van der Waals surface area contributed by atoms with E-state index in [-0.39, 0.29) is 0 Å². The van der Waals surface area contributed by atoms with Gasteiger partial charge in [-0.3, -0.25) is 0 Å². The second kappa shape index (κ2) is 3.77. The quantitative estimate of drug-likeness (QED) is 0.593. The van der Waals surface area contributed by atoms with Crippen LogP contribution in [0.4, 0.5) is 0 Å². The second-order valence-corrected chi connectivity index (χ2v) is 3.28. The van der Waals surface area contributed by atoms with Crippen LogP contribution in [-0.4, -0.2) is 6.54 Å². The van der Waals surface area contributed by atoms with Crippen molar-refractivity contribution in [3.63, 3.8) is 0 Å². The minimum Gasteiger partial charge on any atom is -0.330 e. The number of allylic oxidation sites excluding steroid dienone is 1. The molecule has 0 aliphatic heterocycles. The Morgan fingerprint density at radius 2 is 2.30 bits per heavy atom. The van der Waals surface area contributed by atoms with Gasteiger partial charge in [0.15, 0.2) is 0 Å². The molecule has 0 aromatic rings. The summed E-state index contributed by atoms with van der Waals surface area (Å²) in [4.78, 5) is 0. The van der Waals surface area contributed by atoms with E-state index >= 15 is 0 Å². The molecule has 0 aromatic heterocycles. The highest BCUT2D eigenvalue weighted by molar-refractivity contribution is 5.01. The molecule has 0 amide bonds. The van der Waals surface area contributed by atoms with Crippen molar-refractivity contribution in [2.24, 2.45) is 11.7 Å². The van der Waals surface area contributed by atoms with Crippen LogP contribution in [0.1, 0.15) is 32.6 Å². The highest BCUT2D eigenvalue weighted by atomic mass is 14.5. The van der Waals surface area contributed by atoms with Gasteiger partial charge in [-0.05, 0) is 45.1 Å². The average Bonchev–Trinajstić information content (AvgIpc) is 2.67. The maximum absolute atomic E-state index is 5.38. The third-order valence-corrected chi connectivity index (χ3v) is 1.97. The van der Waals surface area contributed by atoms with Crippen LogP contribution in [0.15, 0.2) is 11.6 Å². The first-order chi connectivity index (χ1) is 4.83. The van der Waals surface area contributed by atoms with Crippen molar-refractivity contribution < 1.29 is 0 Å². The SMILES string of the molecule is CC(=CCCN)CC1CC1. The highest BCUT2D eigenvalue weighted by Gasteiger charge is 2.20. The Kier molecular flexibility index (Phi) is 2.94. The normalized spacial score (nSPS) is 19.6. The molecular formula is C9H17N. The lowest BCUT2D eigenvalue weighted by atomic mass is 10.1. The van der Waals surface area contributed by atoms with E-state index in [0.29, 0.717) is 0 Å². The Hall–Kier alpha value is -0.300. The van der Waals surface area contributed by atoms with Crippen LogP contribution in [0.5, 0.6) is 0 Å². The van der Waals surface area contributed by atoms with E-state index in [1.807, 2.05) is 0 Å². The monoisotopic (exact) mass is 139 g/mol. The molecule has 0 unspecified atom stereocenters. The zero-order valence-corrected chi connectivity index (χ0v) is 6.77. The maximum Gasteiger partial charge on any atom is -0.00425 e. The van der Waals surface area contributed by atoms with E-state index in [2.05, 4.69) is 13.0 Å². The van der Waals surface area contributed by atoms with Gasteiger partial charge in [0.05, 0.1) is 0 Å². The van der Waals surface area contributed by atoms with Crippen LogP contribution in [0.25, 0.3) is 0 Å². The molecule has 58 valence electrons. The summed E-state index contributed by atoms with van der Waals surface area (Å²) in [6.07, 6.45) is 7.55. The van der Waals surface area contributed by atoms with Crippen molar-refractivity contribution in [1.82, 2.24) is 0 Å². The molecule has 10 heavy (non-hydrogen) atoms. The molecule has 0 aromatic carbocycles. The first kappa shape index (κ1) is 7.80. The minimum atomic E-state index is 0.794. The van der Waals surface area contributed by atoms with E-state index in [9.17, 15) is 0 Å². The van der Waals surface area contributed by atoms with E-state index < -0.39 is 0 Å². The van der Waals surface area contributed by atoms with Gasteiger partial charge in [0.2, 0.25) is 0 Å². The molecule has 0 radical (unpaired) electrons. The highest BCUT2D eigenvalue weighted by Crippen LogP contribution is 2.34. The molecule has 0 saturated heterocycles. The third-order valence-electron chi connectivity index (χ3n) is 1.97. The predicted molar refractivity (Wildman–Crippen MR) is 44.8 cm³/mol. The predicted octanol–water partition coefficient (Wildman–Crippen LogP) is 2.08. The first-order valence-electron chi connectivity index (χ1n) is 4.18. The Bertz CT molecular complexity index is 123. The van der Waals surface area contributed by atoms with Crippen molar-refractivity contribution in [3.8, 4) is 0 Å². The Labute approximate surface area is 63.3 Å². The second-order valence-electron chi connectivity index (χ2n) is 3.28. The molecule has 1 fully saturated rings. The van der Waals surface area contributed by atoms with E-state index in [1.165, 1.54) is 24.8 Å². The number of nitrogens with two attached hydrogens (primary N) is 1. The Morgan fingerprint density at radius 3 is 2.80 bits per heavy atom. The summed E-state index contributed by atoms with van der Waals surface area (Å²) in [6.45, 7) is 3.01. The zero-order valence-electron chi connectivity index (χ0n) is 6.77. The third kappa shape index (κ3) is 3.02. The molecule has 1 heteroatoms. The van der Waals surface area contributed by atoms with Gasteiger partial charge in [-0.1, -0.05) is 11.6 Å². The summed E-state index contributed by atoms with van der Waals surface area (Å²) in [7, 11) is 0. The molecular weight excluding hydrogens is 122 g/mol. The Morgan fingerprint density at radius 1 is 1.60 bits per heavy atom. The van der Waals surface area contributed by atoms with Crippen molar-refractivity contribution in [3.05, 3.63) is 11.6 Å². The lowest BCUT2D eigenvalue weighted by Crippen LogP contribution is -1.96. The summed E-state index contributed by atoms with van der Waals surface area (Å²) in [5, 5.41) is 0. The van der Waals surface area contributed by atoms with Crippen molar-refractivity contribution in [1.29, 1.82) is 0 Å². The lowest BCUT2D eigenvalue weighted by molar-refractivity contribution is 0.811. The fourth-order valence-corrected chi connectivity index (χ4v) is 1.19. The standard InChI is InChI=1S/C9H17N/c1-8(3-2-6-10)7-9-4-5-9/h3,9H,2,4-7,10H2,1H3. The molecule has 1 nitrogen and oxygen atoms in total. The van der Waals surface area contributed by atoms with Crippen LogP contribution in [0.3, 0.4) is 0 Å². The molecule has 2 N–H and O–H groups in total. The number of hydrogen-bond donors (Lipinski definition) is 1. The molecule has 0 atom stereocenters. The first-order valence-corrected chi connectivity index (χ1v) is 4.18. The van der Waals surface area contributed by atoms with E-state index in [1.54, 1.807) is 0 Å². The van der Waals surface area contributed by atoms with Gasteiger partial charge in [-0.25, -0.2) is 0 Å². The topological polar surface area (TPSA) is 26.0 Å². The average molecular weight is 139 g/mol. The molecule has 1 rings (SSSR count). The molecule has 0 bridgehead atoms. The summed E-state index contributed by atoms with van der Waals surface area (Å²) in [6, 6.07) is 0. The fraction of sp³-hybridized carbons (Fsp3) is 0.778. The van der Waals surface area contributed by atoms with Crippen LogP contribution in [0.2, 0.25) is 0 Å². The van der Waals surface area contributed by atoms with Gasteiger partial charge in [0.25, 0.3) is 0 Å². The van der Waals surface area contributed by atoms with Gasteiger partial charge >= 0.3 is 0 Å². The molecule has 0 spiro atoms. The van der Waals surface area contributed by atoms with Crippen LogP contribution in [0, 0.1) is 5.92 Å². The maximum atomic E-state index is 5.38. The van der Waals surface area contributed by atoms with Crippen LogP contribution < -0.4 is 5.73 Å². The molecule has 0 heterocycles. The smallest absolute Gasteiger partial charge is 0.00425 e. The summed E-state index contributed by atoms with van der Waals surface area (Å²) >= 11 is 0.